The molecule has 3 aromatic heterocycles. The third-order valence-electron chi connectivity index (χ3n) is 4.26. The van der Waals surface area contributed by atoms with Gasteiger partial charge in [-0.3, -0.25) is 4.79 Å². The van der Waals surface area contributed by atoms with Crippen LogP contribution in [0.4, 0.5) is 5.82 Å². The highest BCUT2D eigenvalue weighted by Gasteiger charge is 2.22. The van der Waals surface area contributed by atoms with Gasteiger partial charge >= 0.3 is 0 Å². The van der Waals surface area contributed by atoms with Crippen molar-refractivity contribution in [1.82, 2.24) is 14.9 Å². The van der Waals surface area contributed by atoms with Crippen LogP contribution < -0.4 is 4.90 Å². The summed E-state index contributed by atoms with van der Waals surface area (Å²) in [5.74, 6) is 1.14. The predicted octanol–water partition coefficient (Wildman–Crippen LogP) is 3.16. The minimum absolute atomic E-state index is 0.155. The largest absolute Gasteiger partial charge is 0.353 e. The first kappa shape index (κ1) is 16.2. The smallest absolute Gasteiger partial charge is 0.228 e. The number of thiophene rings is 1. The summed E-state index contributed by atoms with van der Waals surface area (Å²) in [6, 6.07) is 7.99. The van der Waals surface area contributed by atoms with Gasteiger partial charge in [-0.2, -0.15) is 11.3 Å². The van der Waals surface area contributed by atoms with E-state index in [9.17, 15) is 4.79 Å². The minimum atomic E-state index is 0.155. The quantitative estimate of drug-likeness (QED) is 0.708. The number of pyridine rings is 1. The zero-order valence-electron chi connectivity index (χ0n) is 13.7. The Balaban J connectivity index is 1.34. The van der Waals surface area contributed by atoms with Gasteiger partial charge in [-0.25, -0.2) is 9.97 Å². The van der Waals surface area contributed by atoms with E-state index >= 15 is 0 Å². The van der Waals surface area contributed by atoms with Crippen molar-refractivity contribution in [2.75, 3.05) is 31.1 Å². The number of hydrogen-bond acceptors (Lipinski definition) is 6. The Hall–Kier alpha value is -2.25. The van der Waals surface area contributed by atoms with Gasteiger partial charge in [-0.15, -0.1) is 11.3 Å². The van der Waals surface area contributed by atoms with Gasteiger partial charge in [0.1, 0.15) is 10.8 Å². The number of rotatable bonds is 4. The maximum atomic E-state index is 12.6. The standard InChI is InChI=1S/C18H18N4OS2/c23-17(11-15-13-25-18(20-15)14-4-10-24-12-14)22-8-6-21(7-9-22)16-3-1-2-5-19-16/h1-5,10,12-13H,6-9,11H2. The van der Waals surface area contributed by atoms with Crippen LogP contribution in [0.15, 0.2) is 46.6 Å². The summed E-state index contributed by atoms with van der Waals surface area (Å²) in [4.78, 5) is 25.7. The van der Waals surface area contributed by atoms with E-state index in [1.54, 1.807) is 28.9 Å². The molecule has 1 amide bonds. The van der Waals surface area contributed by atoms with Gasteiger partial charge in [0.2, 0.25) is 5.91 Å². The Morgan fingerprint density at radius 1 is 1.12 bits per heavy atom. The third-order valence-corrected chi connectivity index (χ3v) is 5.88. The highest BCUT2D eigenvalue weighted by molar-refractivity contribution is 7.14. The lowest BCUT2D eigenvalue weighted by molar-refractivity contribution is -0.130. The summed E-state index contributed by atoms with van der Waals surface area (Å²) < 4.78 is 0. The van der Waals surface area contributed by atoms with Crippen LogP contribution in [0.2, 0.25) is 0 Å². The number of amides is 1. The summed E-state index contributed by atoms with van der Waals surface area (Å²) in [6.45, 7) is 3.10. The number of anilines is 1. The molecule has 1 fully saturated rings. The number of carbonyl (C=O) groups is 1. The Labute approximate surface area is 154 Å². The van der Waals surface area contributed by atoms with E-state index in [1.165, 1.54) is 0 Å². The van der Waals surface area contributed by atoms with Crippen LogP contribution in [-0.4, -0.2) is 47.0 Å². The second-order valence-electron chi connectivity index (χ2n) is 5.89. The maximum Gasteiger partial charge on any atom is 0.228 e. The number of hydrogen-bond donors (Lipinski definition) is 0. The van der Waals surface area contributed by atoms with Crippen LogP contribution in [0.1, 0.15) is 5.69 Å². The highest BCUT2D eigenvalue weighted by Crippen LogP contribution is 2.26. The molecule has 0 aliphatic carbocycles. The fraction of sp³-hybridized carbons (Fsp3) is 0.278. The second kappa shape index (κ2) is 7.33. The molecule has 0 atom stereocenters. The monoisotopic (exact) mass is 370 g/mol. The van der Waals surface area contributed by atoms with E-state index < -0.39 is 0 Å². The summed E-state index contributed by atoms with van der Waals surface area (Å²) in [5.41, 5.74) is 2.00. The summed E-state index contributed by atoms with van der Waals surface area (Å²) in [7, 11) is 0. The molecule has 0 radical (unpaired) electrons. The minimum Gasteiger partial charge on any atom is -0.353 e. The number of thiazole rings is 1. The molecular weight excluding hydrogens is 352 g/mol. The average Bonchev–Trinajstić information content (AvgIpc) is 3.34. The van der Waals surface area contributed by atoms with Gasteiger partial charge in [-0.1, -0.05) is 6.07 Å². The van der Waals surface area contributed by atoms with Gasteiger partial charge in [0, 0.05) is 48.7 Å². The Bertz CT molecular complexity index is 824. The average molecular weight is 371 g/mol. The van der Waals surface area contributed by atoms with E-state index in [0.717, 1.165) is 48.3 Å². The van der Waals surface area contributed by atoms with Gasteiger partial charge in [0.25, 0.3) is 0 Å². The van der Waals surface area contributed by atoms with Crippen LogP contribution in [0.3, 0.4) is 0 Å². The molecule has 1 aliphatic rings. The fourth-order valence-corrected chi connectivity index (χ4v) is 4.43. The first-order valence-electron chi connectivity index (χ1n) is 8.20. The lowest BCUT2D eigenvalue weighted by Gasteiger charge is -2.35. The Morgan fingerprint density at radius 2 is 2.00 bits per heavy atom. The van der Waals surface area contributed by atoms with E-state index in [1.807, 2.05) is 33.9 Å². The molecule has 25 heavy (non-hydrogen) atoms. The maximum absolute atomic E-state index is 12.6. The van der Waals surface area contributed by atoms with Crippen molar-refractivity contribution < 1.29 is 4.79 Å². The van der Waals surface area contributed by atoms with Gasteiger partial charge in [-0.05, 0) is 23.6 Å². The lowest BCUT2D eigenvalue weighted by atomic mass is 10.2. The van der Waals surface area contributed by atoms with Crippen molar-refractivity contribution in [2.45, 2.75) is 6.42 Å². The molecule has 0 spiro atoms. The highest BCUT2D eigenvalue weighted by atomic mass is 32.1. The van der Waals surface area contributed by atoms with E-state index in [-0.39, 0.29) is 5.91 Å². The zero-order chi connectivity index (χ0) is 17.1. The topological polar surface area (TPSA) is 49.3 Å². The van der Waals surface area contributed by atoms with E-state index in [4.69, 9.17) is 0 Å². The Morgan fingerprint density at radius 3 is 2.72 bits per heavy atom. The van der Waals surface area contributed by atoms with Gasteiger partial charge in [0.15, 0.2) is 0 Å². The van der Waals surface area contributed by atoms with Gasteiger partial charge < -0.3 is 9.80 Å². The second-order valence-corrected chi connectivity index (χ2v) is 7.53. The lowest BCUT2D eigenvalue weighted by Crippen LogP contribution is -2.49. The van der Waals surface area contributed by atoms with Crippen molar-refractivity contribution in [3.63, 3.8) is 0 Å². The SMILES string of the molecule is O=C(Cc1csc(-c2ccsc2)n1)N1CCN(c2ccccn2)CC1. The Kier molecular flexibility index (Phi) is 4.76. The van der Waals surface area contributed by atoms with Crippen LogP contribution >= 0.6 is 22.7 Å². The molecule has 0 saturated carbocycles. The number of carbonyl (C=O) groups excluding carboxylic acids is 1. The van der Waals surface area contributed by atoms with Crippen LogP contribution in [0, 0.1) is 0 Å². The molecule has 0 aromatic carbocycles. The van der Waals surface area contributed by atoms with Crippen molar-refractivity contribution in [3.8, 4) is 10.6 Å². The van der Waals surface area contributed by atoms with Crippen molar-refractivity contribution >= 4 is 34.4 Å². The van der Waals surface area contributed by atoms with Crippen molar-refractivity contribution in [1.29, 1.82) is 0 Å². The normalized spacial score (nSPS) is 14.7. The third kappa shape index (κ3) is 3.72. The fourth-order valence-electron chi connectivity index (χ4n) is 2.90. The summed E-state index contributed by atoms with van der Waals surface area (Å²) in [6.07, 6.45) is 2.18. The molecule has 5 nitrogen and oxygen atoms in total. The molecule has 7 heteroatoms. The van der Waals surface area contributed by atoms with Crippen molar-refractivity contribution in [3.05, 3.63) is 52.3 Å². The predicted molar refractivity (Wildman–Crippen MR) is 102 cm³/mol. The zero-order valence-corrected chi connectivity index (χ0v) is 15.3. The first-order valence-corrected chi connectivity index (χ1v) is 10.0. The van der Waals surface area contributed by atoms with Crippen LogP contribution in [0.25, 0.3) is 10.6 Å². The summed E-state index contributed by atoms with van der Waals surface area (Å²) >= 11 is 3.26. The first-order chi connectivity index (χ1) is 12.3. The number of piperazine rings is 1. The van der Waals surface area contributed by atoms with E-state index in [0.29, 0.717) is 6.42 Å². The van der Waals surface area contributed by atoms with Crippen LogP contribution in [-0.2, 0) is 11.2 Å². The molecule has 128 valence electrons. The molecule has 4 heterocycles. The molecule has 0 N–H and O–H groups in total. The van der Waals surface area contributed by atoms with Crippen molar-refractivity contribution in [2.24, 2.45) is 0 Å². The van der Waals surface area contributed by atoms with Crippen LogP contribution in [0.5, 0.6) is 0 Å². The molecule has 1 saturated heterocycles. The van der Waals surface area contributed by atoms with Gasteiger partial charge in [0.05, 0.1) is 12.1 Å². The number of nitrogens with zero attached hydrogens (tertiary/aromatic N) is 4. The molecular formula is C18H18N4OS2. The molecule has 4 rings (SSSR count). The molecule has 0 unspecified atom stereocenters. The molecule has 1 aliphatic heterocycles. The number of aromatic nitrogens is 2. The summed E-state index contributed by atoms with van der Waals surface area (Å²) in [5, 5.41) is 7.11. The molecule has 3 aromatic rings. The van der Waals surface area contributed by atoms with E-state index in [2.05, 4.69) is 26.3 Å². The molecule has 0 bridgehead atoms.